The molecule has 2 aliphatic rings. The van der Waals surface area contributed by atoms with Gasteiger partial charge in [-0.3, -0.25) is 0 Å². The Balaban J connectivity index is 1.68. The van der Waals surface area contributed by atoms with Crippen molar-refractivity contribution < 1.29 is 9.26 Å². The summed E-state index contributed by atoms with van der Waals surface area (Å²) in [6, 6.07) is 6.26. The Morgan fingerprint density at radius 3 is 2.95 bits per heavy atom. The number of hydrogen-bond donors (Lipinski definition) is 1. The summed E-state index contributed by atoms with van der Waals surface area (Å²) in [6.45, 7) is 1.00. The lowest BCUT2D eigenvalue weighted by molar-refractivity contribution is -0.0178. The normalized spacial score (nSPS) is 19.5. The SMILES string of the molecule is COC1(c2noc(-c3ccc4c(c3)CCN4)n2)CCCC1. The molecule has 0 saturated heterocycles. The van der Waals surface area contributed by atoms with Crippen LogP contribution in [0.3, 0.4) is 0 Å². The van der Waals surface area contributed by atoms with Crippen molar-refractivity contribution in [2.24, 2.45) is 0 Å². The van der Waals surface area contributed by atoms with Gasteiger partial charge in [0.25, 0.3) is 5.89 Å². The summed E-state index contributed by atoms with van der Waals surface area (Å²) >= 11 is 0. The first-order valence-corrected chi connectivity index (χ1v) is 7.57. The smallest absolute Gasteiger partial charge is 0.258 e. The molecular formula is C16H19N3O2. The lowest BCUT2D eigenvalue weighted by Crippen LogP contribution is -2.25. The minimum atomic E-state index is -0.347. The summed E-state index contributed by atoms with van der Waals surface area (Å²) in [5, 5.41) is 7.54. The molecule has 1 N–H and O–H groups in total. The highest BCUT2D eigenvalue weighted by Crippen LogP contribution is 2.40. The van der Waals surface area contributed by atoms with Crippen LogP contribution in [0.15, 0.2) is 22.7 Å². The molecule has 110 valence electrons. The van der Waals surface area contributed by atoms with E-state index in [4.69, 9.17) is 9.26 Å². The van der Waals surface area contributed by atoms with Gasteiger partial charge >= 0.3 is 0 Å². The van der Waals surface area contributed by atoms with Gasteiger partial charge in [-0.2, -0.15) is 4.98 Å². The Hall–Kier alpha value is -1.88. The molecule has 5 nitrogen and oxygen atoms in total. The molecule has 1 aromatic carbocycles. The molecule has 1 fully saturated rings. The Morgan fingerprint density at radius 2 is 2.14 bits per heavy atom. The quantitative estimate of drug-likeness (QED) is 0.939. The van der Waals surface area contributed by atoms with Crippen molar-refractivity contribution in [2.75, 3.05) is 19.0 Å². The van der Waals surface area contributed by atoms with Gasteiger partial charge in [-0.05, 0) is 55.9 Å². The van der Waals surface area contributed by atoms with E-state index < -0.39 is 0 Å². The molecule has 1 aliphatic heterocycles. The predicted molar refractivity (Wildman–Crippen MR) is 79.1 cm³/mol. The van der Waals surface area contributed by atoms with E-state index in [0.29, 0.717) is 11.7 Å². The molecular weight excluding hydrogens is 266 g/mol. The lowest BCUT2D eigenvalue weighted by Gasteiger charge is -2.22. The summed E-state index contributed by atoms with van der Waals surface area (Å²) in [5.41, 5.74) is 3.16. The van der Waals surface area contributed by atoms with Crippen molar-refractivity contribution in [2.45, 2.75) is 37.7 Å². The Morgan fingerprint density at radius 1 is 1.29 bits per heavy atom. The van der Waals surface area contributed by atoms with Crippen molar-refractivity contribution in [3.05, 3.63) is 29.6 Å². The molecule has 1 saturated carbocycles. The summed E-state index contributed by atoms with van der Waals surface area (Å²) in [6.07, 6.45) is 5.30. The highest BCUT2D eigenvalue weighted by atomic mass is 16.5. The number of nitrogens with one attached hydrogen (secondary N) is 1. The standard InChI is InChI=1S/C16H19N3O2/c1-20-16(7-2-3-8-16)15-18-14(21-19-15)12-4-5-13-11(10-12)6-9-17-13/h4-5,10,17H,2-3,6-9H2,1H3. The number of rotatable bonds is 3. The highest BCUT2D eigenvalue weighted by molar-refractivity contribution is 5.65. The molecule has 1 aromatic heterocycles. The minimum Gasteiger partial charge on any atom is -0.384 e. The van der Waals surface area contributed by atoms with Gasteiger partial charge in [-0.15, -0.1) is 0 Å². The summed E-state index contributed by atoms with van der Waals surface area (Å²) in [4.78, 5) is 4.61. The molecule has 21 heavy (non-hydrogen) atoms. The Kier molecular flexibility index (Phi) is 2.96. The van der Waals surface area contributed by atoms with Crippen LogP contribution in [0.2, 0.25) is 0 Å². The van der Waals surface area contributed by atoms with E-state index in [0.717, 1.165) is 44.2 Å². The van der Waals surface area contributed by atoms with E-state index in [1.165, 1.54) is 11.3 Å². The Labute approximate surface area is 123 Å². The average molecular weight is 285 g/mol. The number of ether oxygens (including phenoxy) is 1. The molecule has 5 heteroatoms. The van der Waals surface area contributed by atoms with Gasteiger partial charge in [0.05, 0.1) is 0 Å². The third-order valence-electron chi connectivity index (χ3n) is 4.70. The first-order chi connectivity index (χ1) is 10.3. The van der Waals surface area contributed by atoms with Gasteiger partial charge in [-0.1, -0.05) is 5.16 Å². The van der Waals surface area contributed by atoms with Gasteiger partial charge in [0.15, 0.2) is 0 Å². The largest absolute Gasteiger partial charge is 0.384 e. The van der Waals surface area contributed by atoms with Crippen LogP contribution in [0.25, 0.3) is 11.5 Å². The van der Waals surface area contributed by atoms with Crippen molar-refractivity contribution in [3.63, 3.8) is 0 Å². The molecule has 0 amide bonds. The monoisotopic (exact) mass is 285 g/mol. The second-order valence-corrected chi connectivity index (χ2v) is 5.88. The molecule has 2 heterocycles. The molecule has 2 aromatic rings. The van der Waals surface area contributed by atoms with Crippen LogP contribution in [-0.2, 0) is 16.8 Å². The molecule has 0 bridgehead atoms. The zero-order chi connectivity index (χ0) is 14.3. The maximum absolute atomic E-state index is 5.71. The van der Waals surface area contributed by atoms with Gasteiger partial charge in [0.2, 0.25) is 5.82 Å². The molecule has 0 radical (unpaired) electrons. The third kappa shape index (κ3) is 2.03. The van der Waals surface area contributed by atoms with Crippen molar-refractivity contribution in [1.82, 2.24) is 10.1 Å². The average Bonchev–Trinajstić information content (AvgIpc) is 3.25. The van der Waals surface area contributed by atoms with Crippen LogP contribution in [0.1, 0.15) is 37.1 Å². The van der Waals surface area contributed by atoms with Crippen LogP contribution in [0.5, 0.6) is 0 Å². The first kappa shape index (κ1) is 12.8. The maximum atomic E-state index is 5.71. The topological polar surface area (TPSA) is 60.2 Å². The second-order valence-electron chi connectivity index (χ2n) is 5.88. The number of anilines is 1. The number of nitrogens with zero attached hydrogens (tertiary/aromatic N) is 2. The predicted octanol–water partition coefficient (Wildman–Crippen LogP) is 3.12. The van der Waals surface area contributed by atoms with Gasteiger partial charge in [0, 0.05) is 24.9 Å². The summed E-state index contributed by atoms with van der Waals surface area (Å²) in [5.74, 6) is 1.28. The summed E-state index contributed by atoms with van der Waals surface area (Å²) < 4.78 is 11.2. The fraction of sp³-hybridized carbons (Fsp3) is 0.500. The number of hydrogen-bond acceptors (Lipinski definition) is 5. The third-order valence-corrected chi connectivity index (χ3v) is 4.70. The second kappa shape index (κ2) is 4.84. The number of benzene rings is 1. The molecule has 4 rings (SSSR count). The van der Waals surface area contributed by atoms with Crippen LogP contribution in [0.4, 0.5) is 5.69 Å². The number of fused-ring (bicyclic) bond motifs is 1. The van der Waals surface area contributed by atoms with Gasteiger partial charge in [-0.25, -0.2) is 0 Å². The van der Waals surface area contributed by atoms with Crippen LogP contribution < -0.4 is 5.32 Å². The zero-order valence-electron chi connectivity index (χ0n) is 12.2. The van der Waals surface area contributed by atoms with Gasteiger partial charge in [0.1, 0.15) is 5.60 Å². The van der Waals surface area contributed by atoms with Crippen LogP contribution in [-0.4, -0.2) is 23.8 Å². The number of methoxy groups -OCH3 is 1. The summed E-state index contributed by atoms with van der Waals surface area (Å²) in [7, 11) is 1.74. The molecule has 0 atom stereocenters. The first-order valence-electron chi connectivity index (χ1n) is 7.57. The Bertz CT molecular complexity index is 659. The van der Waals surface area contributed by atoms with E-state index in [9.17, 15) is 0 Å². The van der Waals surface area contributed by atoms with Crippen LogP contribution in [0, 0.1) is 0 Å². The van der Waals surface area contributed by atoms with Crippen molar-refractivity contribution >= 4 is 5.69 Å². The van der Waals surface area contributed by atoms with Crippen molar-refractivity contribution in [3.8, 4) is 11.5 Å². The number of aromatic nitrogens is 2. The fourth-order valence-electron chi connectivity index (χ4n) is 3.43. The van der Waals surface area contributed by atoms with Crippen LogP contribution >= 0.6 is 0 Å². The molecule has 0 spiro atoms. The van der Waals surface area contributed by atoms with E-state index in [1.807, 2.05) is 6.07 Å². The highest BCUT2D eigenvalue weighted by Gasteiger charge is 2.40. The molecule has 1 aliphatic carbocycles. The van der Waals surface area contributed by atoms with E-state index in [-0.39, 0.29) is 5.60 Å². The lowest BCUT2D eigenvalue weighted by atomic mass is 10.0. The minimum absolute atomic E-state index is 0.347. The van der Waals surface area contributed by atoms with Crippen molar-refractivity contribution in [1.29, 1.82) is 0 Å². The maximum Gasteiger partial charge on any atom is 0.258 e. The fourth-order valence-corrected chi connectivity index (χ4v) is 3.43. The molecule has 0 unspecified atom stereocenters. The van der Waals surface area contributed by atoms with Gasteiger partial charge < -0.3 is 14.6 Å². The van der Waals surface area contributed by atoms with E-state index in [1.54, 1.807) is 7.11 Å². The van der Waals surface area contributed by atoms with E-state index >= 15 is 0 Å². The zero-order valence-corrected chi connectivity index (χ0v) is 12.2. The van der Waals surface area contributed by atoms with E-state index in [2.05, 4.69) is 27.6 Å².